The van der Waals surface area contributed by atoms with E-state index in [0.29, 0.717) is 12.1 Å². The van der Waals surface area contributed by atoms with Crippen LogP contribution in [0.15, 0.2) is 24.8 Å². The van der Waals surface area contributed by atoms with Crippen molar-refractivity contribution in [2.45, 2.75) is 6.92 Å². The minimum atomic E-state index is -0.215. The highest BCUT2D eigenvalue weighted by atomic mass is 16.7. The largest absolute Gasteiger partial charge is 0.274 e. The third kappa shape index (κ3) is 3.00. The van der Waals surface area contributed by atoms with Gasteiger partial charge < -0.3 is 0 Å². The molecular formula is C8H13NO2. The average Bonchev–Trinajstić information content (AvgIpc) is 1.98. The number of hydroxylamine groups is 2. The summed E-state index contributed by atoms with van der Waals surface area (Å²) in [4.78, 5) is 15.9. The van der Waals surface area contributed by atoms with E-state index in [1.807, 2.05) is 0 Å². The third-order valence-electron chi connectivity index (χ3n) is 1.11. The van der Waals surface area contributed by atoms with Crippen LogP contribution in [0.5, 0.6) is 0 Å². The van der Waals surface area contributed by atoms with E-state index in [1.165, 1.54) is 12.2 Å². The van der Waals surface area contributed by atoms with Gasteiger partial charge in [0.2, 0.25) is 0 Å². The standard InChI is InChI=1S/C8H13NO2/c1-5-6-9(11-4)8(10)7(2)3/h5H,1-2,6H2,3-4H3. The molecule has 62 valence electrons. The monoisotopic (exact) mass is 155 g/mol. The molecule has 0 fully saturated rings. The van der Waals surface area contributed by atoms with Gasteiger partial charge in [0, 0.05) is 5.57 Å². The Bertz CT molecular complexity index is 175. The van der Waals surface area contributed by atoms with Gasteiger partial charge >= 0.3 is 0 Å². The smallest absolute Gasteiger partial charge is 0.272 e. The van der Waals surface area contributed by atoms with Crippen molar-refractivity contribution in [2.24, 2.45) is 0 Å². The van der Waals surface area contributed by atoms with E-state index in [1.54, 1.807) is 13.0 Å². The van der Waals surface area contributed by atoms with Crippen molar-refractivity contribution in [3.05, 3.63) is 24.8 Å². The van der Waals surface area contributed by atoms with Gasteiger partial charge in [-0.25, -0.2) is 5.06 Å². The van der Waals surface area contributed by atoms with Gasteiger partial charge in [-0.2, -0.15) is 0 Å². The third-order valence-corrected chi connectivity index (χ3v) is 1.11. The SMILES string of the molecule is C=CCN(OC)C(=O)C(=C)C. The number of nitrogens with zero attached hydrogens (tertiary/aromatic N) is 1. The van der Waals surface area contributed by atoms with E-state index in [0.717, 1.165) is 0 Å². The first-order chi connectivity index (χ1) is 5.13. The molecule has 0 aliphatic carbocycles. The molecule has 0 unspecified atom stereocenters. The molecule has 0 aliphatic heterocycles. The molecule has 1 amide bonds. The number of amides is 1. The predicted octanol–water partition coefficient (Wildman–Crippen LogP) is 1.14. The second-order valence-corrected chi connectivity index (χ2v) is 2.12. The van der Waals surface area contributed by atoms with Crippen LogP contribution >= 0.6 is 0 Å². The van der Waals surface area contributed by atoms with Gasteiger partial charge in [0.25, 0.3) is 5.91 Å². The zero-order valence-electron chi connectivity index (χ0n) is 6.96. The Kier molecular flexibility index (Phi) is 4.22. The lowest BCUT2D eigenvalue weighted by molar-refractivity contribution is -0.168. The van der Waals surface area contributed by atoms with E-state index >= 15 is 0 Å². The molecule has 3 nitrogen and oxygen atoms in total. The summed E-state index contributed by atoms with van der Waals surface area (Å²) in [5.74, 6) is -0.215. The first-order valence-corrected chi connectivity index (χ1v) is 3.25. The van der Waals surface area contributed by atoms with Gasteiger partial charge in [-0.1, -0.05) is 12.7 Å². The molecule has 11 heavy (non-hydrogen) atoms. The second-order valence-electron chi connectivity index (χ2n) is 2.12. The average molecular weight is 155 g/mol. The second kappa shape index (κ2) is 4.68. The molecule has 0 saturated heterocycles. The lowest BCUT2D eigenvalue weighted by atomic mass is 10.3. The van der Waals surface area contributed by atoms with Crippen LogP contribution in [0.4, 0.5) is 0 Å². The Labute approximate surface area is 66.9 Å². The van der Waals surface area contributed by atoms with Crippen molar-refractivity contribution < 1.29 is 9.63 Å². The minimum absolute atomic E-state index is 0.215. The molecule has 0 saturated carbocycles. The van der Waals surface area contributed by atoms with Crippen LogP contribution in [0.2, 0.25) is 0 Å². The van der Waals surface area contributed by atoms with Crippen LogP contribution in [0, 0.1) is 0 Å². The zero-order chi connectivity index (χ0) is 8.85. The first-order valence-electron chi connectivity index (χ1n) is 3.25. The van der Waals surface area contributed by atoms with Gasteiger partial charge in [0.05, 0.1) is 13.7 Å². The summed E-state index contributed by atoms with van der Waals surface area (Å²) < 4.78 is 0. The van der Waals surface area contributed by atoms with Gasteiger partial charge in [-0.3, -0.25) is 9.63 Å². The number of hydrogen-bond acceptors (Lipinski definition) is 2. The number of carbonyl (C=O) groups excluding carboxylic acids is 1. The minimum Gasteiger partial charge on any atom is -0.274 e. The van der Waals surface area contributed by atoms with Crippen LogP contribution in [0.25, 0.3) is 0 Å². The molecule has 0 aromatic carbocycles. The molecular weight excluding hydrogens is 142 g/mol. The summed E-state index contributed by atoms with van der Waals surface area (Å²) in [5.41, 5.74) is 0.453. The van der Waals surface area contributed by atoms with Crippen LogP contribution in [-0.4, -0.2) is 24.6 Å². The molecule has 0 spiro atoms. The lowest BCUT2D eigenvalue weighted by Crippen LogP contribution is -2.30. The maximum Gasteiger partial charge on any atom is 0.272 e. The van der Waals surface area contributed by atoms with E-state index in [4.69, 9.17) is 4.84 Å². The fraction of sp³-hybridized carbons (Fsp3) is 0.375. The summed E-state index contributed by atoms with van der Waals surface area (Å²) >= 11 is 0. The number of hydrogen-bond donors (Lipinski definition) is 0. The van der Waals surface area contributed by atoms with Crippen molar-refractivity contribution in [2.75, 3.05) is 13.7 Å². The predicted molar refractivity (Wildman–Crippen MR) is 43.7 cm³/mol. The summed E-state index contributed by atoms with van der Waals surface area (Å²) in [7, 11) is 1.43. The van der Waals surface area contributed by atoms with Gasteiger partial charge in [0.15, 0.2) is 0 Å². The van der Waals surface area contributed by atoms with E-state index in [-0.39, 0.29) is 5.91 Å². The summed E-state index contributed by atoms with van der Waals surface area (Å²) in [6.07, 6.45) is 1.59. The highest BCUT2D eigenvalue weighted by molar-refractivity contribution is 5.91. The van der Waals surface area contributed by atoms with Crippen LogP contribution in [0.3, 0.4) is 0 Å². The van der Waals surface area contributed by atoms with Gasteiger partial charge in [-0.15, -0.1) is 6.58 Å². The van der Waals surface area contributed by atoms with Crippen LogP contribution in [-0.2, 0) is 9.63 Å². The van der Waals surface area contributed by atoms with Crippen molar-refractivity contribution in [3.63, 3.8) is 0 Å². The highest BCUT2D eigenvalue weighted by Gasteiger charge is 2.10. The molecule has 0 aromatic rings. The summed E-state index contributed by atoms with van der Waals surface area (Å²) in [5, 5.41) is 1.19. The molecule has 0 radical (unpaired) electrons. The van der Waals surface area contributed by atoms with Crippen LogP contribution < -0.4 is 0 Å². The maximum atomic E-state index is 11.1. The van der Waals surface area contributed by atoms with E-state index in [2.05, 4.69) is 13.2 Å². The normalized spacial score (nSPS) is 8.91. The Morgan fingerprint density at radius 3 is 2.55 bits per heavy atom. The fourth-order valence-corrected chi connectivity index (χ4v) is 0.570. The zero-order valence-corrected chi connectivity index (χ0v) is 6.96. The van der Waals surface area contributed by atoms with Crippen molar-refractivity contribution in [1.82, 2.24) is 5.06 Å². The number of rotatable bonds is 4. The van der Waals surface area contributed by atoms with E-state index in [9.17, 15) is 4.79 Å². The Morgan fingerprint density at radius 2 is 2.27 bits per heavy atom. The van der Waals surface area contributed by atoms with Gasteiger partial charge in [0.1, 0.15) is 0 Å². The summed E-state index contributed by atoms with van der Waals surface area (Å²) in [6.45, 7) is 9.00. The van der Waals surface area contributed by atoms with Crippen molar-refractivity contribution in [1.29, 1.82) is 0 Å². The Hall–Kier alpha value is -1.09. The maximum absolute atomic E-state index is 11.1. The Balaban J connectivity index is 4.13. The number of carbonyl (C=O) groups is 1. The fourth-order valence-electron chi connectivity index (χ4n) is 0.570. The summed E-state index contributed by atoms with van der Waals surface area (Å²) in [6, 6.07) is 0. The molecule has 0 rings (SSSR count). The van der Waals surface area contributed by atoms with Gasteiger partial charge in [-0.05, 0) is 6.92 Å². The molecule has 0 bridgehead atoms. The lowest BCUT2D eigenvalue weighted by Gasteiger charge is -2.17. The molecule has 0 N–H and O–H groups in total. The molecule has 0 atom stereocenters. The molecule has 0 aromatic heterocycles. The first kappa shape index (κ1) is 9.91. The van der Waals surface area contributed by atoms with Crippen molar-refractivity contribution >= 4 is 5.91 Å². The quantitative estimate of drug-likeness (QED) is 0.346. The molecule has 0 aliphatic rings. The van der Waals surface area contributed by atoms with Crippen molar-refractivity contribution in [3.8, 4) is 0 Å². The highest BCUT2D eigenvalue weighted by Crippen LogP contribution is 1.98. The topological polar surface area (TPSA) is 29.5 Å². The van der Waals surface area contributed by atoms with E-state index < -0.39 is 0 Å². The van der Waals surface area contributed by atoms with Crippen LogP contribution in [0.1, 0.15) is 6.92 Å². The Morgan fingerprint density at radius 1 is 1.73 bits per heavy atom. The molecule has 3 heteroatoms. The molecule has 0 heterocycles.